The fourth-order valence-electron chi connectivity index (χ4n) is 1.60. The second kappa shape index (κ2) is 7.95. The van der Waals surface area contributed by atoms with E-state index in [2.05, 4.69) is 42.2 Å². The highest BCUT2D eigenvalue weighted by molar-refractivity contribution is 7.98. The van der Waals surface area contributed by atoms with E-state index >= 15 is 0 Å². The molecule has 1 atom stereocenters. The minimum atomic E-state index is 0.559. The summed E-state index contributed by atoms with van der Waals surface area (Å²) in [6.07, 6.45) is 4.14. The molecule has 0 spiro atoms. The van der Waals surface area contributed by atoms with Gasteiger partial charge in [-0.15, -0.1) is 11.3 Å². The van der Waals surface area contributed by atoms with Crippen LogP contribution in [0.25, 0.3) is 0 Å². The fourth-order valence-corrected chi connectivity index (χ4v) is 3.21. The minimum absolute atomic E-state index is 0.559. The first-order valence-corrected chi connectivity index (χ1v) is 8.34. The fraction of sp³-hybridized carbons (Fsp3) is 0.750. The average molecular weight is 273 g/mol. The summed E-state index contributed by atoms with van der Waals surface area (Å²) in [5.41, 5.74) is 0. The summed E-state index contributed by atoms with van der Waals surface area (Å²) in [5.74, 6) is 1.15. The number of hydrogen-bond donors (Lipinski definition) is 1. The van der Waals surface area contributed by atoms with Crippen molar-refractivity contribution in [3.8, 4) is 0 Å². The zero-order valence-electron chi connectivity index (χ0n) is 11.2. The van der Waals surface area contributed by atoms with E-state index in [0.717, 1.165) is 30.5 Å². The molecular formula is C12H23N3S2. The van der Waals surface area contributed by atoms with E-state index in [1.165, 1.54) is 4.88 Å². The smallest absolute Gasteiger partial charge is 0.185 e. The number of rotatable bonds is 8. The molecule has 0 aromatic carbocycles. The lowest BCUT2D eigenvalue weighted by Crippen LogP contribution is -2.27. The Bertz CT molecular complexity index is 310. The molecule has 17 heavy (non-hydrogen) atoms. The zero-order valence-corrected chi connectivity index (χ0v) is 12.8. The standard InChI is InChI=1S/C12H23N3S2/c1-5-15(6-2)12-14-8-11(17-12)7-13-10(3)9-16-4/h8,10,13H,5-7,9H2,1-4H3. The Morgan fingerprint density at radius 2 is 2.18 bits per heavy atom. The Morgan fingerprint density at radius 3 is 2.76 bits per heavy atom. The van der Waals surface area contributed by atoms with Crippen LogP contribution in [0.3, 0.4) is 0 Å². The third-order valence-electron chi connectivity index (χ3n) is 2.62. The molecule has 0 aliphatic heterocycles. The molecule has 5 heteroatoms. The maximum absolute atomic E-state index is 4.48. The van der Waals surface area contributed by atoms with Crippen LogP contribution in [0.4, 0.5) is 5.13 Å². The molecule has 0 fully saturated rings. The second-order valence-electron chi connectivity index (χ2n) is 4.02. The Balaban J connectivity index is 2.45. The lowest BCUT2D eigenvalue weighted by atomic mass is 10.4. The van der Waals surface area contributed by atoms with Crippen molar-refractivity contribution in [3.63, 3.8) is 0 Å². The van der Waals surface area contributed by atoms with E-state index < -0.39 is 0 Å². The first-order chi connectivity index (χ1) is 8.21. The molecule has 0 aliphatic carbocycles. The monoisotopic (exact) mass is 273 g/mol. The van der Waals surface area contributed by atoms with Crippen molar-refractivity contribution in [2.45, 2.75) is 33.4 Å². The molecule has 1 N–H and O–H groups in total. The lowest BCUT2D eigenvalue weighted by Gasteiger charge is -2.16. The number of nitrogens with one attached hydrogen (secondary N) is 1. The number of thioether (sulfide) groups is 1. The van der Waals surface area contributed by atoms with E-state index in [4.69, 9.17) is 0 Å². The van der Waals surface area contributed by atoms with Crippen LogP contribution in [-0.4, -0.2) is 36.1 Å². The molecule has 0 aliphatic rings. The number of thiazole rings is 1. The van der Waals surface area contributed by atoms with E-state index in [9.17, 15) is 0 Å². The SMILES string of the molecule is CCN(CC)c1ncc(CNC(C)CSC)s1. The normalized spacial score (nSPS) is 12.7. The van der Waals surface area contributed by atoms with Gasteiger partial charge in [-0.2, -0.15) is 11.8 Å². The summed E-state index contributed by atoms with van der Waals surface area (Å²) in [6.45, 7) is 9.55. The Morgan fingerprint density at radius 1 is 1.47 bits per heavy atom. The highest BCUT2D eigenvalue weighted by atomic mass is 32.2. The van der Waals surface area contributed by atoms with Crippen molar-refractivity contribution in [1.82, 2.24) is 10.3 Å². The zero-order chi connectivity index (χ0) is 12.7. The molecule has 0 bridgehead atoms. The topological polar surface area (TPSA) is 28.2 Å². The van der Waals surface area contributed by atoms with Crippen LogP contribution >= 0.6 is 23.1 Å². The van der Waals surface area contributed by atoms with E-state index in [-0.39, 0.29) is 0 Å². The third kappa shape index (κ3) is 4.85. The summed E-state index contributed by atoms with van der Waals surface area (Å²) < 4.78 is 0. The van der Waals surface area contributed by atoms with Crippen molar-refractivity contribution in [2.75, 3.05) is 30.0 Å². The third-order valence-corrected chi connectivity index (χ3v) is 4.51. The molecule has 1 rings (SSSR count). The van der Waals surface area contributed by atoms with Crippen molar-refractivity contribution in [3.05, 3.63) is 11.1 Å². The Hall–Kier alpha value is -0.260. The lowest BCUT2D eigenvalue weighted by molar-refractivity contribution is 0.600. The molecule has 0 saturated heterocycles. The summed E-state index contributed by atoms with van der Waals surface area (Å²) in [7, 11) is 0. The van der Waals surface area contributed by atoms with Gasteiger partial charge in [-0.3, -0.25) is 0 Å². The molecule has 1 unspecified atom stereocenters. The van der Waals surface area contributed by atoms with Crippen LogP contribution < -0.4 is 10.2 Å². The van der Waals surface area contributed by atoms with Gasteiger partial charge in [0.1, 0.15) is 0 Å². The number of nitrogens with zero attached hydrogens (tertiary/aromatic N) is 2. The summed E-state index contributed by atoms with van der Waals surface area (Å²) in [6, 6.07) is 0.559. The predicted octanol–water partition coefficient (Wildman–Crippen LogP) is 2.83. The maximum Gasteiger partial charge on any atom is 0.185 e. The predicted molar refractivity (Wildman–Crippen MR) is 80.4 cm³/mol. The Labute approximate surface area is 113 Å². The highest BCUT2D eigenvalue weighted by Gasteiger charge is 2.08. The molecule has 98 valence electrons. The van der Waals surface area contributed by atoms with Crippen LogP contribution in [0.1, 0.15) is 25.6 Å². The van der Waals surface area contributed by atoms with Gasteiger partial charge in [-0.25, -0.2) is 4.98 Å². The van der Waals surface area contributed by atoms with Gasteiger partial charge in [0.05, 0.1) is 0 Å². The van der Waals surface area contributed by atoms with Crippen LogP contribution in [0.15, 0.2) is 6.20 Å². The number of hydrogen-bond acceptors (Lipinski definition) is 5. The summed E-state index contributed by atoms with van der Waals surface area (Å²) in [5, 5.41) is 4.66. The van der Waals surface area contributed by atoms with Crippen LogP contribution in [0.2, 0.25) is 0 Å². The van der Waals surface area contributed by atoms with Gasteiger partial charge < -0.3 is 10.2 Å². The van der Waals surface area contributed by atoms with Crippen molar-refractivity contribution in [2.24, 2.45) is 0 Å². The van der Waals surface area contributed by atoms with E-state index in [1.54, 1.807) is 11.3 Å². The summed E-state index contributed by atoms with van der Waals surface area (Å²) >= 11 is 3.67. The first-order valence-electron chi connectivity index (χ1n) is 6.13. The van der Waals surface area contributed by atoms with Crippen molar-refractivity contribution < 1.29 is 0 Å². The molecule has 3 nitrogen and oxygen atoms in total. The van der Waals surface area contributed by atoms with Gasteiger partial charge >= 0.3 is 0 Å². The Kier molecular flexibility index (Phi) is 6.92. The molecule has 1 aromatic heterocycles. The summed E-state index contributed by atoms with van der Waals surface area (Å²) in [4.78, 5) is 8.09. The van der Waals surface area contributed by atoms with Gasteiger partial charge in [0, 0.05) is 42.5 Å². The van der Waals surface area contributed by atoms with Crippen LogP contribution in [0, 0.1) is 0 Å². The van der Waals surface area contributed by atoms with Crippen molar-refractivity contribution in [1.29, 1.82) is 0 Å². The maximum atomic E-state index is 4.48. The van der Waals surface area contributed by atoms with Crippen LogP contribution in [0.5, 0.6) is 0 Å². The number of anilines is 1. The van der Waals surface area contributed by atoms with Gasteiger partial charge in [-0.1, -0.05) is 0 Å². The molecule has 0 amide bonds. The van der Waals surface area contributed by atoms with Gasteiger partial charge in [0.25, 0.3) is 0 Å². The molecule has 0 radical (unpaired) electrons. The van der Waals surface area contributed by atoms with Gasteiger partial charge in [0.2, 0.25) is 0 Å². The largest absolute Gasteiger partial charge is 0.349 e. The highest BCUT2D eigenvalue weighted by Crippen LogP contribution is 2.22. The minimum Gasteiger partial charge on any atom is -0.349 e. The van der Waals surface area contributed by atoms with Crippen LogP contribution in [-0.2, 0) is 6.54 Å². The first kappa shape index (κ1) is 14.8. The quantitative estimate of drug-likeness (QED) is 0.788. The average Bonchev–Trinajstić information content (AvgIpc) is 2.77. The van der Waals surface area contributed by atoms with Gasteiger partial charge in [0.15, 0.2) is 5.13 Å². The molecule has 1 heterocycles. The van der Waals surface area contributed by atoms with Crippen molar-refractivity contribution >= 4 is 28.2 Å². The second-order valence-corrected chi connectivity index (χ2v) is 6.02. The molecule has 0 saturated carbocycles. The van der Waals surface area contributed by atoms with E-state index in [0.29, 0.717) is 6.04 Å². The number of aromatic nitrogens is 1. The van der Waals surface area contributed by atoms with E-state index in [1.807, 2.05) is 18.0 Å². The van der Waals surface area contributed by atoms with Gasteiger partial charge in [-0.05, 0) is 27.0 Å². The molecular weight excluding hydrogens is 250 g/mol. The molecule has 1 aromatic rings.